The van der Waals surface area contributed by atoms with Gasteiger partial charge in [0.25, 0.3) is 0 Å². The summed E-state index contributed by atoms with van der Waals surface area (Å²) < 4.78 is 5.68. The second-order valence-electron chi connectivity index (χ2n) is 27.8. The molecule has 1 saturated heterocycles. The van der Waals surface area contributed by atoms with Gasteiger partial charge in [-0.1, -0.05) is 83.2 Å². The third-order valence-corrected chi connectivity index (χ3v) is 18.4. The van der Waals surface area contributed by atoms with Gasteiger partial charge in [0.2, 0.25) is 82.7 Å². The largest absolute Gasteiger partial charge is 0.481 e. The molecule has 4 rings (SSSR count). The van der Waals surface area contributed by atoms with E-state index < -0.39 is 261 Å². The van der Waals surface area contributed by atoms with E-state index in [0.717, 1.165) is 46.5 Å². The van der Waals surface area contributed by atoms with Gasteiger partial charge in [0.15, 0.2) is 5.78 Å². The summed E-state index contributed by atoms with van der Waals surface area (Å²) in [7, 11) is 0. The molecular weight excluding hydrogens is 1530 g/mol. The number of aromatic amines is 1. The molecule has 636 valence electrons. The summed E-state index contributed by atoms with van der Waals surface area (Å²) in [5.41, 5.74) is 18.1. The molecule has 0 radical (unpaired) electrons. The van der Waals surface area contributed by atoms with Crippen molar-refractivity contribution in [1.29, 1.82) is 0 Å². The van der Waals surface area contributed by atoms with Crippen molar-refractivity contribution in [3.05, 3.63) is 65.9 Å². The van der Waals surface area contributed by atoms with Crippen LogP contribution >= 0.6 is 0 Å². The number of aliphatic hydroxyl groups excluding tert-OH is 1. The number of nitrogen functional groups attached to an aromatic ring is 1. The van der Waals surface area contributed by atoms with E-state index in [9.17, 15) is 121 Å². The predicted molar refractivity (Wildman–Crippen MR) is 405 cm³/mol. The zero-order valence-electron chi connectivity index (χ0n) is 64.5. The van der Waals surface area contributed by atoms with E-state index in [0.29, 0.717) is 35.2 Å². The molecule has 25 N–H and O–H groups in total. The number of esters is 1. The average Bonchev–Trinajstić information content (AvgIpc) is 1.64. The van der Waals surface area contributed by atoms with Crippen LogP contribution in [0, 0.1) is 11.8 Å². The number of nitrogens with two attached hydrogens (primary N) is 3. The minimum atomic E-state index is -2.45. The zero-order chi connectivity index (χ0) is 86.6. The van der Waals surface area contributed by atoms with Crippen molar-refractivity contribution in [1.82, 2.24) is 74.1 Å². The van der Waals surface area contributed by atoms with E-state index in [1.165, 1.54) is 24.3 Å². The summed E-state index contributed by atoms with van der Waals surface area (Å²) in [4.78, 5) is 276. The van der Waals surface area contributed by atoms with Crippen molar-refractivity contribution in [2.75, 3.05) is 32.0 Å². The second-order valence-corrected chi connectivity index (χ2v) is 27.8. The number of anilines is 1. The standard InChI is InChI=1S/C73H103N17O26/c1-6-35(2)16-9-7-8-10-22-54(94)82-45(25-39-31-77-43-20-14-12-17-40(39)43)67(109)85-46(27-53(76)93)68(110)87-49(30-60(103)104)69(111)90-62-38(5)116-73(115)50(26-52(92)41-18-11-13-19-42(41)75)88-72(114)61(36(3)24-57(97)98)89-70(112)51(34-91)83-56(96)32-78-64(106)47(28-58(99)100)84-63(105)37(4)80-66(108)48(29-59(101)102)86-65(107)44(21-15-23-74)81-55(95)33-79-71(62)113/h11-14,17-20,31,35-38,44-51,61-62,77,91H,6-10,15-16,21-30,32-34,74-75H2,1-5H3,(H2,76,93)(H,78,106)(H,79,113)(H,80,108)(H,81,95)(H,82,94)(H,83,96)(H,84,105)(H,85,109)(H,86,107)(H,87,110)(H,88,114)(H,89,112)(H,90,111)(H,97,98)(H,99,100)(H,101,102)(H,103,104)/t35?,36-,37-,38-,44+,45+,46+,47+,48+,49+,50+,51-,61+,62+/m1/s1. The van der Waals surface area contributed by atoms with Gasteiger partial charge in [0, 0.05) is 47.6 Å². The van der Waals surface area contributed by atoms with Crippen LogP contribution in [0.5, 0.6) is 0 Å². The number of rotatable bonds is 35. The molecule has 116 heavy (non-hydrogen) atoms. The van der Waals surface area contributed by atoms with E-state index in [4.69, 9.17) is 21.9 Å². The first kappa shape index (κ1) is 95.7. The molecule has 0 saturated carbocycles. The van der Waals surface area contributed by atoms with Gasteiger partial charge in [-0.3, -0.25) is 91.1 Å². The molecule has 1 unspecified atom stereocenters. The Morgan fingerprint density at radius 1 is 0.560 bits per heavy atom. The predicted octanol–water partition coefficient (Wildman–Crippen LogP) is -5.38. The van der Waals surface area contributed by atoms with Gasteiger partial charge in [0.1, 0.15) is 72.6 Å². The lowest BCUT2D eigenvalue weighted by molar-refractivity contribution is -0.156. The van der Waals surface area contributed by atoms with Gasteiger partial charge in [-0.15, -0.1) is 0 Å². The maximum atomic E-state index is 14.8. The Morgan fingerprint density at radius 3 is 1.72 bits per heavy atom. The molecule has 2 heterocycles. The van der Waals surface area contributed by atoms with Crippen molar-refractivity contribution in [3.8, 4) is 0 Å². The summed E-state index contributed by atoms with van der Waals surface area (Å²) in [5, 5.41) is 78.7. The van der Waals surface area contributed by atoms with Crippen LogP contribution in [0.3, 0.4) is 0 Å². The summed E-state index contributed by atoms with van der Waals surface area (Å²) in [6.07, 6.45) is -3.45. The Labute approximate surface area is 663 Å². The number of Topliss-reactive ketones (excluding diaryl/α,β-unsaturated/α-hetero) is 1. The van der Waals surface area contributed by atoms with Crippen molar-refractivity contribution in [3.63, 3.8) is 0 Å². The minimum absolute atomic E-state index is 0.0230. The number of nitrogens with one attached hydrogen (secondary N) is 14. The highest BCUT2D eigenvalue weighted by Crippen LogP contribution is 2.22. The van der Waals surface area contributed by atoms with Crippen molar-refractivity contribution in [2.24, 2.45) is 23.3 Å². The monoisotopic (exact) mass is 1630 g/mol. The van der Waals surface area contributed by atoms with Crippen molar-refractivity contribution in [2.45, 2.75) is 210 Å². The molecule has 14 atom stereocenters. The van der Waals surface area contributed by atoms with Gasteiger partial charge in [-0.05, 0) is 75.3 Å². The van der Waals surface area contributed by atoms with Crippen molar-refractivity contribution >= 4 is 135 Å². The fourth-order valence-corrected chi connectivity index (χ4v) is 11.8. The molecule has 3 aromatic rings. The van der Waals surface area contributed by atoms with Crippen LogP contribution in [0.4, 0.5) is 5.69 Å². The van der Waals surface area contributed by atoms with E-state index in [2.05, 4.69) is 72.0 Å². The van der Waals surface area contributed by atoms with E-state index >= 15 is 0 Å². The molecule has 43 heteroatoms. The molecular formula is C73H103N17O26. The Morgan fingerprint density at radius 2 is 1.11 bits per heavy atom. The number of hydrogen-bond acceptors (Lipinski definition) is 24. The highest BCUT2D eigenvalue weighted by Gasteiger charge is 2.41. The van der Waals surface area contributed by atoms with Crippen LogP contribution in [0.15, 0.2) is 54.7 Å². The lowest BCUT2D eigenvalue weighted by Crippen LogP contribution is -2.62. The van der Waals surface area contributed by atoms with E-state index in [-0.39, 0.29) is 37.1 Å². The quantitative estimate of drug-likeness (QED) is 0.0113. The second kappa shape index (κ2) is 47.7. The molecule has 1 aliphatic heterocycles. The van der Waals surface area contributed by atoms with Gasteiger partial charge in [-0.2, -0.15) is 0 Å². The summed E-state index contributed by atoms with van der Waals surface area (Å²) in [6, 6.07) is -10.5. The van der Waals surface area contributed by atoms with E-state index in [1.807, 2.05) is 16.0 Å². The zero-order valence-corrected chi connectivity index (χ0v) is 64.5. The molecule has 1 aliphatic rings. The third kappa shape index (κ3) is 32.4. The molecule has 2 aromatic carbocycles. The number of primary amides is 1. The fourth-order valence-electron chi connectivity index (χ4n) is 11.8. The molecule has 0 aliphatic carbocycles. The number of benzene rings is 2. The number of hydrogen-bond donors (Lipinski definition) is 22. The Balaban J connectivity index is 1.87. The molecule has 0 bridgehead atoms. The number of ketones is 1. The van der Waals surface area contributed by atoms with Crippen LogP contribution in [0.2, 0.25) is 0 Å². The number of para-hydroxylation sites is 2. The number of carboxylic acid groups (broad SMARTS) is 4. The number of carbonyl (C=O) groups is 20. The van der Waals surface area contributed by atoms with Crippen LogP contribution in [0.25, 0.3) is 10.9 Å². The number of H-pyrrole nitrogens is 1. The van der Waals surface area contributed by atoms with Crippen molar-refractivity contribution < 1.29 is 126 Å². The number of aromatic nitrogens is 1. The number of aliphatic carboxylic acids is 4. The Bertz CT molecular complexity index is 4080. The van der Waals surface area contributed by atoms with Crippen LogP contribution < -0.4 is 86.3 Å². The lowest BCUT2D eigenvalue weighted by Gasteiger charge is -2.30. The number of aliphatic hydroxyl groups is 1. The van der Waals surface area contributed by atoms with Crippen LogP contribution in [-0.2, 0) is 102 Å². The number of amides is 14. The van der Waals surface area contributed by atoms with Gasteiger partial charge >= 0.3 is 29.8 Å². The molecule has 0 spiro atoms. The highest BCUT2D eigenvalue weighted by atomic mass is 16.5. The number of ether oxygens (including phenoxy) is 1. The fraction of sp³-hybridized carbons (Fsp3) is 0.534. The number of carboxylic acids is 4. The topological polar surface area (TPSA) is 702 Å². The molecule has 1 aromatic heterocycles. The van der Waals surface area contributed by atoms with Gasteiger partial charge in [-0.25, -0.2) is 4.79 Å². The van der Waals surface area contributed by atoms with Crippen LogP contribution in [0.1, 0.15) is 147 Å². The number of fused-ring (bicyclic) bond motifs is 1. The Kier molecular flexibility index (Phi) is 39.4. The summed E-state index contributed by atoms with van der Waals surface area (Å²) >= 11 is 0. The molecule has 1 fully saturated rings. The summed E-state index contributed by atoms with van der Waals surface area (Å²) in [6.45, 7) is 3.27. The number of unbranched alkanes of at least 4 members (excludes halogenated alkanes) is 3. The first-order valence-electron chi connectivity index (χ1n) is 37.2. The first-order valence-corrected chi connectivity index (χ1v) is 37.2. The highest BCUT2D eigenvalue weighted by molar-refractivity contribution is 6.05. The smallest absolute Gasteiger partial charge is 0.329 e. The number of cyclic esters (lactones) is 1. The maximum absolute atomic E-state index is 14.8. The van der Waals surface area contributed by atoms with Crippen LogP contribution in [-0.4, -0.2) is 248 Å². The maximum Gasteiger partial charge on any atom is 0.329 e. The lowest BCUT2D eigenvalue weighted by atomic mass is 9.96. The third-order valence-electron chi connectivity index (χ3n) is 18.4. The first-order chi connectivity index (χ1) is 54.7. The normalized spacial score (nSPS) is 21.4. The summed E-state index contributed by atoms with van der Waals surface area (Å²) in [5.74, 6) is -29.2. The Hall–Kier alpha value is -12.7. The van der Waals surface area contributed by atoms with Gasteiger partial charge < -0.3 is 122 Å². The molecule has 43 nitrogen and oxygen atoms in total. The van der Waals surface area contributed by atoms with E-state index in [1.54, 1.807) is 30.5 Å². The average molecular weight is 1630 g/mol. The number of carbonyl (C=O) groups excluding carboxylic acids is 16. The SMILES string of the molecule is CCC(C)CCCCCCC(=O)N[C@@H](Cc1c[nH]c2ccccc12)C(=O)N[C@@H](CC(N)=O)C(=O)N[C@@H](CC(=O)O)C(=O)N[C@@H]1C(=O)NCC(=O)N[C@@H](CCCN)C(=O)N[C@@H](CC(=O)O)C(=O)N[C@H](C)C(=O)N[C@@H](CC(=O)O)C(=O)NCC(=O)N[C@H](CO)C(=O)N[C@@H]([C@H](C)CC(=O)O)C(=O)N[C@@H](CC(=O)c2ccccc2N)C(=O)O[C@@H]1C. The van der Waals surface area contributed by atoms with Gasteiger partial charge in [0.05, 0.1) is 51.8 Å². The minimum Gasteiger partial charge on any atom is -0.481 e. The molecule has 14 amide bonds.